The van der Waals surface area contributed by atoms with E-state index in [9.17, 15) is 4.39 Å². The molecule has 4 heteroatoms. The molecule has 0 aliphatic heterocycles. The lowest BCUT2D eigenvalue weighted by atomic mass is 10.1. The van der Waals surface area contributed by atoms with Crippen LogP contribution >= 0.6 is 11.6 Å². The van der Waals surface area contributed by atoms with Gasteiger partial charge >= 0.3 is 0 Å². The molecule has 0 saturated heterocycles. The van der Waals surface area contributed by atoms with Crippen molar-refractivity contribution < 1.29 is 4.39 Å². The lowest BCUT2D eigenvalue weighted by molar-refractivity contribution is 0.636. The minimum atomic E-state index is -0.468. The topological polar surface area (TPSA) is 36.7 Å². The van der Waals surface area contributed by atoms with E-state index in [0.29, 0.717) is 21.7 Å². The van der Waals surface area contributed by atoms with Gasteiger partial charge in [0.05, 0.1) is 11.3 Å². The van der Waals surface area contributed by atoms with Gasteiger partial charge in [-0.25, -0.2) is 9.37 Å². The molecule has 1 aromatic carbocycles. The molecule has 2 rings (SSSR count). The molecule has 0 aliphatic carbocycles. The molecule has 0 fully saturated rings. The zero-order valence-electron chi connectivity index (χ0n) is 7.88. The number of hydrogen-bond donors (Lipinski definition) is 0. The van der Waals surface area contributed by atoms with Crippen LogP contribution in [0.4, 0.5) is 4.39 Å². The van der Waals surface area contributed by atoms with Gasteiger partial charge in [-0.15, -0.1) is 0 Å². The molecule has 0 radical (unpaired) electrons. The number of rotatable bonds is 0. The van der Waals surface area contributed by atoms with Gasteiger partial charge in [0.25, 0.3) is 0 Å². The van der Waals surface area contributed by atoms with E-state index in [1.54, 1.807) is 19.1 Å². The Hall–Kier alpha value is -1.66. The summed E-state index contributed by atoms with van der Waals surface area (Å²) in [6.45, 7) is 1.67. The summed E-state index contributed by atoms with van der Waals surface area (Å²) >= 11 is 5.71. The Morgan fingerprint density at radius 3 is 2.80 bits per heavy atom. The van der Waals surface area contributed by atoms with Gasteiger partial charge in [-0.2, -0.15) is 5.26 Å². The van der Waals surface area contributed by atoms with Gasteiger partial charge in [0.1, 0.15) is 11.6 Å². The number of aromatic nitrogens is 1. The van der Waals surface area contributed by atoms with Crippen LogP contribution in [0, 0.1) is 24.1 Å². The Labute approximate surface area is 90.9 Å². The number of hydrogen-bond acceptors (Lipinski definition) is 2. The Bertz CT molecular complexity index is 587. The molecular formula is C11H6ClFN2. The fraction of sp³-hybridized carbons (Fsp3) is 0.0909. The molecule has 1 aromatic heterocycles. The molecule has 2 nitrogen and oxygen atoms in total. The first kappa shape index (κ1) is 9.88. The smallest absolute Gasteiger partial charge is 0.150 e. The number of halogens is 2. The second-order valence-electron chi connectivity index (χ2n) is 3.19. The van der Waals surface area contributed by atoms with Crippen molar-refractivity contribution in [3.05, 3.63) is 40.3 Å². The van der Waals surface area contributed by atoms with Crippen LogP contribution in [0.1, 0.15) is 11.3 Å². The number of pyridine rings is 1. The number of fused-ring (bicyclic) bond motifs is 1. The van der Waals surface area contributed by atoms with Gasteiger partial charge in [-0.1, -0.05) is 11.6 Å². The van der Waals surface area contributed by atoms with E-state index in [4.69, 9.17) is 16.9 Å². The summed E-state index contributed by atoms with van der Waals surface area (Å²) in [6, 6.07) is 6.39. The summed E-state index contributed by atoms with van der Waals surface area (Å²) in [5.41, 5.74) is 1.20. The quantitative estimate of drug-likeness (QED) is 0.684. The van der Waals surface area contributed by atoms with Crippen LogP contribution in [-0.2, 0) is 0 Å². The molecule has 0 N–H and O–H groups in total. The van der Waals surface area contributed by atoms with E-state index in [2.05, 4.69) is 4.98 Å². The molecule has 15 heavy (non-hydrogen) atoms. The summed E-state index contributed by atoms with van der Waals surface area (Å²) in [7, 11) is 0. The van der Waals surface area contributed by atoms with Crippen LogP contribution in [0.2, 0.25) is 5.02 Å². The van der Waals surface area contributed by atoms with E-state index < -0.39 is 5.82 Å². The molecular weight excluding hydrogens is 215 g/mol. The van der Waals surface area contributed by atoms with E-state index in [1.807, 2.05) is 6.07 Å². The maximum absolute atomic E-state index is 13.4. The predicted octanol–water partition coefficient (Wildman–Crippen LogP) is 3.21. The summed E-state index contributed by atoms with van der Waals surface area (Å²) < 4.78 is 13.4. The molecule has 74 valence electrons. The molecule has 0 aliphatic rings. The fourth-order valence-electron chi connectivity index (χ4n) is 1.41. The third-order valence-corrected chi connectivity index (χ3v) is 2.37. The van der Waals surface area contributed by atoms with Crippen LogP contribution in [0.5, 0.6) is 0 Å². The molecule has 0 saturated carbocycles. The molecule has 1 heterocycles. The van der Waals surface area contributed by atoms with Crippen LogP contribution in [0.15, 0.2) is 18.2 Å². The van der Waals surface area contributed by atoms with Crippen molar-refractivity contribution in [3.8, 4) is 6.07 Å². The van der Waals surface area contributed by atoms with Gasteiger partial charge in [-0.3, -0.25) is 0 Å². The van der Waals surface area contributed by atoms with Gasteiger partial charge in [0, 0.05) is 10.4 Å². The zero-order chi connectivity index (χ0) is 11.0. The van der Waals surface area contributed by atoms with Crippen LogP contribution in [0.25, 0.3) is 10.9 Å². The summed E-state index contributed by atoms with van der Waals surface area (Å²) in [4.78, 5) is 4.03. The third kappa shape index (κ3) is 1.64. The Morgan fingerprint density at radius 1 is 1.40 bits per heavy atom. The lowest BCUT2D eigenvalue weighted by Gasteiger charge is -2.03. The maximum atomic E-state index is 13.4. The van der Waals surface area contributed by atoms with Crippen molar-refractivity contribution in [2.45, 2.75) is 6.92 Å². The molecule has 0 atom stereocenters. The Morgan fingerprint density at radius 2 is 2.13 bits per heavy atom. The largest absolute Gasteiger partial charge is 0.249 e. The summed E-state index contributed by atoms with van der Waals surface area (Å²) in [5, 5.41) is 9.64. The molecule has 2 aromatic rings. The Kier molecular flexibility index (Phi) is 2.29. The van der Waals surface area contributed by atoms with Crippen LogP contribution in [-0.4, -0.2) is 4.98 Å². The van der Waals surface area contributed by atoms with E-state index in [1.165, 1.54) is 6.07 Å². The average Bonchev–Trinajstić information content (AvgIpc) is 2.18. The third-order valence-electron chi connectivity index (χ3n) is 2.15. The van der Waals surface area contributed by atoms with Crippen molar-refractivity contribution in [3.63, 3.8) is 0 Å². The highest BCUT2D eigenvalue weighted by molar-refractivity contribution is 6.31. The summed E-state index contributed by atoms with van der Waals surface area (Å²) in [5.74, 6) is -0.468. The van der Waals surface area contributed by atoms with Crippen LogP contribution < -0.4 is 0 Å². The highest BCUT2D eigenvalue weighted by Gasteiger charge is 2.07. The highest BCUT2D eigenvalue weighted by Crippen LogP contribution is 2.23. The lowest BCUT2D eigenvalue weighted by Crippen LogP contribution is -1.92. The first-order valence-electron chi connectivity index (χ1n) is 4.28. The maximum Gasteiger partial charge on any atom is 0.150 e. The number of benzene rings is 1. The minimum Gasteiger partial charge on any atom is -0.249 e. The zero-order valence-corrected chi connectivity index (χ0v) is 8.64. The fourth-order valence-corrected chi connectivity index (χ4v) is 1.63. The standard InChI is InChI=1S/C11H6ClFN2/c1-6-8(5-14)2-7-3-9(12)4-10(13)11(7)15-6/h2-4H,1H3. The summed E-state index contributed by atoms with van der Waals surface area (Å²) in [6.07, 6.45) is 0. The first-order chi connectivity index (χ1) is 7.11. The van der Waals surface area contributed by atoms with Crippen molar-refractivity contribution in [1.29, 1.82) is 5.26 Å². The molecule has 0 amide bonds. The monoisotopic (exact) mass is 220 g/mol. The van der Waals surface area contributed by atoms with Gasteiger partial charge < -0.3 is 0 Å². The second-order valence-corrected chi connectivity index (χ2v) is 3.63. The van der Waals surface area contributed by atoms with Crippen molar-refractivity contribution in [2.24, 2.45) is 0 Å². The molecule has 0 bridgehead atoms. The second kappa shape index (κ2) is 3.48. The normalized spacial score (nSPS) is 10.3. The van der Waals surface area contributed by atoms with Crippen molar-refractivity contribution in [2.75, 3.05) is 0 Å². The number of nitriles is 1. The predicted molar refractivity (Wildman–Crippen MR) is 56.2 cm³/mol. The van der Waals surface area contributed by atoms with Gasteiger partial charge in [0.15, 0.2) is 5.82 Å². The van der Waals surface area contributed by atoms with Crippen molar-refractivity contribution >= 4 is 22.5 Å². The minimum absolute atomic E-state index is 0.246. The van der Waals surface area contributed by atoms with Gasteiger partial charge in [0.2, 0.25) is 0 Å². The highest BCUT2D eigenvalue weighted by atomic mass is 35.5. The Balaban J connectivity index is 2.89. The molecule has 0 unspecified atom stereocenters. The van der Waals surface area contributed by atoms with Gasteiger partial charge in [-0.05, 0) is 25.1 Å². The van der Waals surface area contributed by atoms with E-state index in [0.717, 1.165) is 0 Å². The first-order valence-corrected chi connectivity index (χ1v) is 4.66. The SMILES string of the molecule is Cc1nc2c(F)cc(Cl)cc2cc1C#N. The number of nitrogens with zero attached hydrogens (tertiary/aromatic N) is 2. The number of aryl methyl sites for hydroxylation is 1. The van der Waals surface area contributed by atoms with Crippen LogP contribution in [0.3, 0.4) is 0 Å². The average molecular weight is 221 g/mol. The van der Waals surface area contributed by atoms with E-state index in [-0.39, 0.29) is 5.52 Å². The van der Waals surface area contributed by atoms with E-state index >= 15 is 0 Å². The van der Waals surface area contributed by atoms with Crippen molar-refractivity contribution in [1.82, 2.24) is 4.98 Å². The molecule has 0 spiro atoms.